The largest absolute Gasteiger partial charge is 0.493 e. The van der Waals surface area contributed by atoms with Crippen molar-refractivity contribution in [2.45, 2.75) is 31.0 Å². The molecule has 0 N–H and O–H groups in total. The fraction of sp³-hybridized carbons (Fsp3) is 0.538. The molecule has 1 fully saturated rings. The maximum atomic E-state index is 5.51. The molecule has 0 heterocycles. The molecular weight excluding hydrogens is 332 g/mol. The first-order valence-corrected chi connectivity index (χ1v) is 7.49. The molecule has 0 amide bonds. The summed E-state index contributed by atoms with van der Waals surface area (Å²) in [6.07, 6.45) is 4.08. The molecule has 1 unspecified atom stereocenters. The molecule has 0 aliphatic heterocycles. The number of halogens is 2. The fourth-order valence-corrected chi connectivity index (χ4v) is 3.29. The monoisotopic (exact) mass is 346 g/mol. The lowest BCUT2D eigenvalue weighted by molar-refractivity contribution is 0.311. The number of rotatable bonds is 4. The lowest BCUT2D eigenvalue weighted by atomic mass is 9.81. The van der Waals surface area contributed by atoms with Crippen molar-refractivity contribution in [1.29, 1.82) is 0 Å². The predicted molar refractivity (Wildman–Crippen MR) is 74.3 cm³/mol. The van der Waals surface area contributed by atoms with E-state index in [1.54, 1.807) is 0 Å². The third-order valence-electron chi connectivity index (χ3n) is 3.14. The maximum Gasteiger partial charge on any atom is 0.133 e. The fourth-order valence-electron chi connectivity index (χ4n) is 1.97. The van der Waals surface area contributed by atoms with Gasteiger partial charge in [0.05, 0.1) is 11.1 Å². The van der Waals surface area contributed by atoms with Crippen molar-refractivity contribution >= 4 is 31.9 Å². The highest BCUT2D eigenvalue weighted by Gasteiger charge is 2.26. The quantitative estimate of drug-likeness (QED) is 0.690. The standard InChI is InChI=1S/C13H16Br2O/c1-2-16-12-7-6-10(8-11(12)14)13(15)9-4-3-5-9/h6-9,13H,2-5H2,1H3. The van der Waals surface area contributed by atoms with Crippen LogP contribution in [0.1, 0.15) is 36.6 Å². The zero-order valence-electron chi connectivity index (χ0n) is 9.38. The minimum absolute atomic E-state index is 0.494. The summed E-state index contributed by atoms with van der Waals surface area (Å²) >= 11 is 7.36. The minimum Gasteiger partial charge on any atom is -0.493 e. The van der Waals surface area contributed by atoms with Crippen LogP contribution in [0.15, 0.2) is 22.7 Å². The Kier molecular flexibility index (Phi) is 4.31. The van der Waals surface area contributed by atoms with Gasteiger partial charge >= 0.3 is 0 Å². The average Bonchev–Trinajstić information content (AvgIpc) is 2.18. The normalized spacial score (nSPS) is 17.9. The van der Waals surface area contributed by atoms with Crippen molar-refractivity contribution in [3.63, 3.8) is 0 Å². The molecular formula is C13H16Br2O. The van der Waals surface area contributed by atoms with Gasteiger partial charge in [0.25, 0.3) is 0 Å². The number of ether oxygens (including phenoxy) is 1. The second-order valence-electron chi connectivity index (χ2n) is 4.22. The van der Waals surface area contributed by atoms with Crippen LogP contribution in [0.4, 0.5) is 0 Å². The summed E-state index contributed by atoms with van der Waals surface area (Å²) in [6.45, 7) is 2.71. The second-order valence-corrected chi connectivity index (χ2v) is 6.06. The Morgan fingerprint density at radius 3 is 2.69 bits per heavy atom. The first-order valence-electron chi connectivity index (χ1n) is 5.78. The molecule has 0 radical (unpaired) electrons. The van der Waals surface area contributed by atoms with E-state index in [0.29, 0.717) is 11.4 Å². The third-order valence-corrected chi connectivity index (χ3v) is 5.03. The molecule has 1 nitrogen and oxygen atoms in total. The van der Waals surface area contributed by atoms with E-state index in [1.807, 2.05) is 6.92 Å². The van der Waals surface area contributed by atoms with Crippen LogP contribution in [-0.4, -0.2) is 6.61 Å². The molecule has 16 heavy (non-hydrogen) atoms. The van der Waals surface area contributed by atoms with Crippen LogP contribution in [0.25, 0.3) is 0 Å². The van der Waals surface area contributed by atoms with Crippen molar-refractivity contribution < 1.29 is 4.74 Å². The lowest BCUT2D eigenvalue weighted by Gasteiger charge is -2.30. The molecule has 1 aliphatic carbocycles. The van der Waals surface area contributed by atoms with E-state index in [9.17, 15) is 0 Å². The summed E-state index contributed by atoms with van der Waals surface area (Å²) in [5, 5.41) is 0. The molecule has 1 aromatic rings. The van der Waals surface area contributed by atoms with Gasteiger partial charge in [-0.15, -0.1) is 0 Å². The van der Waals surface area contributed by atoms with Gasteiger partial charge in [-0.25, -0.2) is 0 Å². The molecule has 2 rings (SSSR count). The Morgan fingerprint density at radius 2 is 2.19 bits per heavy atom. The van der Waals surface area contributed by atoms with Gasteiger partial charge in [-0.05, 0) is 59.3 Å². The summed E-state index contributed by atoms with van der Waals surface area (Å²) in [5.74, 6) is 1.74. The molecule has 0 spiro atoms. The zero-order valence-corrected chi connectivity index (χ0v) is 12.6. The molecule has 1 saturated carbocycles. The van der Waals surface area contributed by atoms with Gasteiger partial charge in [-0.3, -0.25) is 0 Å². The van der Waals surface area contributed by atoms with E-state index in [-0.39, 0.29) is 0 Å². The van der Waals surface area contributed by atoms with Crippen molar-refractivity contribution in [3.8, 4) is 5.75 Å². The Balaban J connectivity index is 2.13. The zero-order chi connectivity index (χ0) is 11.5. The van der Waals surface area contributed by atoms with E-state index >= 15 is 0 Å². The van der Waals surface area contributed by atoms with Gasteiger partial charge in [0.1, 0.15) is 5.75 Å². The lowest BCUT2D eigenvalue weighted by Crippen LogP contribution is -2.16. The van der Waals surface area contributed by atoms with E-state index < -0.39 is 0 Å². The summed E-state index contributed by atoms with van der Waals surface area (Å²) in [4.78, 5) is 0.494. The van der Waals surface area contributed by atoms with Crippen LogP contribution in [0, 0.1) is 5.92 Å². The SMILES string of the molecule is CCOc1ccc(C(Br)C2CCC2)cc1Br. The number of benzene rings is 1. The molecule has 3 heteroatoms. The van der Waals surface area contributed by atoms with E-state index in [2.05, 4.69) is 50.1 Å². The molecule has 1 aliphatic rings. The molecule has 0 bridgehead atoms. The smallest absolute Gasteiger partial charge is 0.133 e. The average molecular weight is 348 g/mol. The second kappa shape index (κ2) is 5.54. The maximum absolute atomic E-state index is 5.51. The van der Waals surface area contributed by atoms with E-state index in [0.717, 1.165) is 16.1 Å². The first kappa shape index (κ1) is 12.4. The van der Waals surface area contributed by atoms with Crippen LogP contribution in [0.3, 0.4) is 0 Å². The topological polar surface area (TPSA) is 9.23 Å². The van der Waals surface area contributed by atoms with E-state index in [4.69, 9.17) is 4.74 Å². The summed E-state index contributed by atoms with van der Waals surface area (Å²) in [6, 6.07) is 6.38. The molecule has 88 valence electrons. The van der Waals surface area contributed by atoms with Gasteiger partial charge in [-0.2, -0.15) is 0 Å². The molecule has 1 atom stereocenters. The third kappa shape index (κ3) is 2.62. The number of hydrogen-bond donors (Lipinski definition) is 0. The van der Waals surface area contributed by atoms with Gasteiger partial charge < -0.3 is 4.74 Å². The van der Waals surface area contributed by atoms with Crippen molar-refractivity contribution in [2.75, 3.05) is 6.61 Å². The first-order chi connectivity index (χ1) is 7.72. The number of hydrogen-bond acceptors (Lipinski definition) is 1. The molecule has 1 aromatic carbocycles. The summed E-state index contributed by atoms with van der Waals surface area (Å²) in [7, 11) is 0. The van der Waals surface area contributed by atoms with Crippen LogP contribution >= 0.6 is 31.9 Å². The van der Waals surface area contributed by atoms with Crippen LogP contribution in [-0.2, 0) is 0 Å². The van der Waals surface area contributed by atoms with Gasteiger partial charge in [-0.1, -0.05) is 28.4 Å². The number of alkyl halides is 1. The Labute approximate surface area is 114 Å². The highest BCUT2D eigenvalue weighted by molar-refractivity contribution is 9.10. The van der Waals surface area contributed by atoms with Gasteiger partial charge in [0.2, 0.25) is 0 Å². The Morgan fingerprint density at radius 1 is 1.44 bits per heavy atom. The summed E-state index contributed by atoms with van der Waals surface area (Å²) in [5.41, 5.74) is 1.35. The van der Waals surface area contributed by atoms with Gasteiger partial charge in [0.15, 0.2) is 0 Å². The highest BCUT2D eigenvalue weighted by atomic mass is 79.9. The van der Waals surface area contributed by atoms with Crippen molar-refractivity contribution in [2.24, 2.45) is 5.92 Å². The minimum atomic E-state index is 0.494. The molecule has 0 aromatic heterocycles. The Hall–Kier alpha value is -0.0200. The Bertz CT molecular complexity index is 361. The van der Waals surface area contributed by atoms with Crippen LogP contribution < -0.4 is 4.74 Å². The highest BCUT2D eigenvalue weighted by Crippen LogP contribution is 2.44. The van der Waals surface area contributed by atoms with Crippen molar-refractivity contribution in [1.82, 2.24) is 0 Å². The van der Waals surface area contributed by atoms with E-state index in [1.165, 1.54) is 24.8 Å². The van der Waals surface area contributed by atoms with Crippen LogP contribution in [0.2, 0.25) is 0 Å². The molecule has 0 saturated heterocycles. The van der Waals surface area contributed by atoms with Gasteiger partial charge in [0, 0.05) is 4.83 Å². The van der Waals surface area contributed by atoms with Crippen molar-refractivity contribution in [3.05, 3.63) is 28.2 Å². The predicted octanol–water partition coefficient (Wildman–Crippen LogP) is 5.08. The summed E-state index contributed by atoms with van der Waals surface area (Å²) < 4.78 is 6.56. The van der Waals surface area contributed by atoms with Crippen LogP contribution in [0.5, 0.6) is 5.75 Å².